The average molecular weight is 460 g/mol. The molecule has 0 aliphatic carbocycles. The topological polar surface area (TPSA) is 109 Å². The predicted octanol–water partition coefficient (Wildman–Crippen LogP) is 4.55. The van der Waals surface area contributed by atoms with Gasteiger partial charge < -0.3 is 9.47 Å². The molecule has 0 fully saturated rings. The second kappa shape index (κ2) is 8.75. The number of ketones is 1. The summed E-state index contributed by atoms with van der Waals surface area (Å²) in [6, 6.07) is 20.7. The zero-order valence-electron chi connectivity index (χ0n) is 17.1. The Labute approximate surface area is 192 Å². The van der Waals surface area contributed by atoms with E-state index >= 15 is 0 Å². The molecule has 0 unspecified atom stereocenters. The van der Waals surface area contributed by atoms with E-state index in [-0.39, 0.29) is 24.0 Å². The number of rotatable bonds is 7. The number of aromatic nitrogens is 3. The van der Waals surface area contributed by atoms with E-state index in [0.29, 0.717) is 28.0 Å². The van der Waals surface area contributed by atoms with Crippen molar-refractivity contribution in [1.29, 1.82) is 0 Å². The van der Waals surface area contributed by atoms with Crippen molar-refractivity contribution in [1.82, 2.24) is 14.8 Å². The highest BCUT2D eigenvalue weighted by Crippen LogP contribution is 2.37. The minimum absolute atomic E-state index is 0.0589. The highest BCUT2D eigenvalue weighted by molar-refractivity contribution is 7.99. The number of fused-ring (bicyclic) bond motifs is 1. The Hall–Kier alpha value is -4.18. The maximum atomic E-state index is 12.7. The summed E-state index contributed by atoms with van der Waals surface area (Å²) in [7, 11) is 0. The lowest BCUT2D eigenvalue weighted by Crippen LogP contribution is -2.05. The third kappa shape index (κ3) is 4.15. The van der Waals surface area contributed by atoms with E-state index in [9.17, 15) is 14.9 Å². The van der Waals surface area contributed by atoms with Gasteiger partial charge in [0.2, 0.25) is 6.79 Å². The summed E-state index contributed by atoms with van der Waals surface area (Å²) in [6.07, 6.45) is 0. The number of nitrogens with zero attached hydrogens (tertiary/aromatic N) is 4. The lowest BCUT2D eigenvalue weighted by atomic mass is 10.1. The van der Waals surface area contributed by atoms with Crippen LogP contribution in [0.5, 0.6) is 11.5 Å². The lowest BCUT2D eigenvalue weighted by Gasteiger charge is -2.10. The van der Waals surface area contributed by atoms with Crippen molar-refractivity contribution in [2.24, 2.45) is 0 Å². The zero-order chi connectivity index (χ0) is 22.8. The summed E-state index contributed by atoms with van der Waals surface area (Å²) in [6.45, 7) is 0.177. The monoisotopic (exact) mass is 460 g/mol. The number of benzene rings is 3. The molecule has 0 amide bonds. The average Bonchev–Trinajstić information content (AvgIpc) is 3.49. The Kier molecular flexibility index (Phi) is 5.49. The lowest BCUT2D eigenvalue weighted by molar-refractivity contribution is -0.384. The van der Waals surface area contributed by atoms with E-state index in [2.05, 4.69) is 10.2 Å². The molecule has 33 heavy (non-hydrogen) atoms. The van der Waals surface area contributed by atoms with Crippen LogP contribution in [0.2, 0.25) is 0 Å². The summed E-state index contributed by atoms with van der Waals surface area (Å²) in [5, 5.41) is 20.1. The van der Waals surface area contributed by atoms with Crippen molar-refractivity contribution in [2.75, 3.05) is 12.5 Å². The number of thioether (sulfide) groups is 1. The number of nitro benzene ring substituents is 1. The standard InChI is InChI=1S/C23H16N4O5S/c28-19(15-6-9-18(10-7-15)27(29)30)13-33-23-25-24-22(26(23)17-4-2-1-3-5-17)16-8-11-20-21(12-16)32-14-31-20/h1-12H,13-14H2. The molecule has 1 aromatic heterocycles. The number of non-ortho nitro benzene ring substituents is 1. The molecule has 0 N–H and O–H groups in total. The highest BCUT2D eigenvalue weighted by atomic mass is 32.2. The van der Waals surface area contributed by atoms with Crippen LogP contribution < -0.4 is 9.47 Å². The van der Waals surface area contributed by atoms with Gasteiger partial charge in [-0.2, -0.15) is 0 Å². The molecular weight excluding hydrogens is 444 g/mol. The molecule has 10 heteroatoms. The van der Waals surface area contributed by atoms with Gasteiger partial charge in [-0.25, -0.2) is 0 Å². The summed E-state index contributed by atoms with van der Waals surface area (Å²) in [5.41, 5.74) is 1.98. The highest BCUT2D eigenvalue weighted by Gasteiger charge is 2.21. The molecule has 1 aliphatic heterocycles. The van der Waals surface area contributed by atoms with E-state index in [1.54, 1.807) is 0 Å². The van der Waals surface area contributed by atoms with Crippen molar-refractivity contribution in [3.05, 3.63) is 88.5 Å². The largest absolute Gasteiger partial charge is 0.454 e. The molecule has 5 rings (SSSR count). The van der Waals surface area contributed by atoms with Crippen LogP contribution in [0.25, 0.3) is 17.1 Å². The number of hydrogen-bond donors (Lipinski definition) is 0. The second-order valence-electron chi connectivity index (χ2n) is 7.06. The molecule has 0 spiro atoms. The van der Waals surface area contributed by atoms with E-state index in [1.165, 1.54) is 36.0 Å². The summed E-state index contributed by atoms with van der Waals surface area (Å²) in [5.74, 6) is 1.85. The van der Waals surface area contributed by atoms with Gasteiger partial charge in [-0.15, -0.1) is 10.2 Å². The van der Waals surface area contributed by atoms with Gasteiger partial charge in [-0.3, -0.25) is 19.5 Å². The van der Waals surface area contributed by atoms with Crippen molar-refractivity contribution < 1.29 is 19.2 Å². The molecule has 0 saturated heterocycles. The molecule has 0 saturated carbocycles. The molecule has 9 nitrogen and oxygen atoms in total. The quantitative estimate of drug-likeness (QED) is 0.171. The van der Waals surface area contributed by atoms with Gasteiger partial charge in [-0.05, 0) is 42.5 Å². The van der Waals surface area contributed by atoms with Gasteiger partial charge in [0.25, 0.3) is 5.69 Å². The third-order valence-corrected chi connectivity index (χ3v) is 5.94. The van der Waals surface area contributed by atoms with E-state index in [4.69, 9.17) is 9.47 Å². The Morgan fingerprint density at radius 2 is 1.76 bits per heavy atom. The van der Waals surface area contributed by atoms with E-state index < -0.39 is 4.92 Å². The Balaban J connectivity index is 1.44. The SMILES string of the molecule is O=C(CSc1nnc(-c2ccc3c(c2)OCO3)n1-c1ccccc1)c1ccc([N+](=O)[O-])cc1. The van der Waals surface area contributed by atoms with Crippen LogP contribution in [-0.2, 0) is 0 Å². The fourth-order valence-electron chi connectivity index (χ4n) is 3.38. The van der Waals surface area contributed by atoms with Crippen LogP contribution in [0.15, 0.2) is 78.0 Å². The second-order valence-corrected chi connectivity index (χ2v) is 8.00. The number of carbonyl (C=O) groups excluding carboxylic acids is 1. The van der Waals surface area contributed by atoms with Crippen molar-refractivity contribution >= 4 is 23.2 Å². The first-order valence-corrected chi connectivity index (χ1v) is 10.9. The fourth-order valence-corrected chi connectivity index (χ4v) is 4.22. The predicted molar refractivity (Wildman–Crippen MR) is 121 cm³/mol. The molecule has 4 aromatic rings. The van der Waals surface area contributed by atoms with E-state index in [0.717, 1.165) is 11.3 Å². The van der Waals surface area contributed by atoms with Gasteiger partial charge >= 0.3 is 0 Å². The molecule has 0 bridgehead atoms. The molecule has 3 aromatic carbocycles. The third-order valence-electron chi connectivity index (χ3n) is 5.01. The first-order chi connectivity index (χ1) is 16.1. The number of nitro groups is 1. The van der Waals surface area contributed by atoms with Crippen LogP contribution in [0.1, 0.15) is 10.4 Å². The summed E-state index contributed by atoms with van der Waals surface area (Å²) in [4.78, 5) is 23.0. The van der Waals surface area contributed by atoms with Crippen molar-refractivity contribution in [2.45, 2.75) is 5.16 Å². The minimum atomic E-state index is -0.497. The van der Waals surface area contributed by atoms with Gasteiger partial charge in [0, 0.05) is 28.9 Å². The molecular formula is C23H16N4O5S. The molecule has 0 radical (unpaired) electrons. The molecule has 1 aliphatic rings. The Morgan fingerprint density at radius 3 is 2.52 bits per heavy atom. The van der Waals surface area contributed by atoms with Crippen LogP contribution in [0.4, 0.5) is 5.69 Å². The fraction of sp³-hybridized carbons (Fsp3) is 0.0870. The minimum Gasteiger partial charge on any atom is -0.454 e. The van der Waals surface area contributed by atoms with E-state index in [1.807, 2.05) is 53.1 Å². The van der Waals surface area contributed by atoms with Gasteiger partial charge in [0.05, 0.1) is 10.7 Å². The summed E-state index contributed by atoms with van der Waals surface area (Å²) < 4.78 is 12.8. The molecule has 2 heterocycles. The van der Waals surface area contributed by atoms with Crippen molar-refractivity contribution in [3.63, 3.8) is 0 Å². The normalized spacial score (nSPS) is 12.0. The van der Waals surface area contributed by atoms with Crippen molar-refractivity contribution in [3.8, 4) is 28.6 Å². The smallest absolute Gasteiger partial charge is 0.269 e. The first kappa shape index (κ1) is 20.7. The summed E-state index contributed by atoms with van der Waals surface area (Å²) >= 11 is 1.25. The number of Topliss-reactive ketones (excluding diaryl/α,β-unsaturated/α-hetero) is 1. The Morgan fingerprint density at radius 1 is 1.00 bits per heavy atom. The first-order valence-electron chi connectivity index (χ1n) is 9.91. The van der Waals surface area contributed by atoms with Crippen LogP contribution >= 0.6 is 11.8 Å². The number of hydrogen-bond acceptors (Lipinski definition) is 8. The van der Waals surface area contributed by atoms with Crippen LogP contribution in [0, 0.1) is 10.1 Å². The number of para-hydroxylation sites is 1. The van der Waals surface area contributed by atoms with Crippen LogP contribution in [-0.4, -0.2) is 38.0 Å². The van der Waals surface area contributed by atoms with Gasteiger partial charge in [-0.1, -0.05) is 30.0 Å². The molecule has 0 atom stereocenters. The van der Waals surface area contributed by atoms with Crippen LogP contribution in [0.3, 0.4) is 0 Å². The zero-order valence-corrected chi connectivity index (χ0v) is 17.9. The van der Waals surface area contributed by atoms with Gasteiger partial charge in [0.15, 0.2) is 28.3 Å². The maximum Gasteiger partial charge on any atom is 0.269 e. The number of ether oxygens (including phenoxy) is 2. The Bertz CT molecular complexity index is 1340. The number of carbonyl (C=O) groups is 1. The molecule has 164 valence electrons. The van der Waals surface area contributed by atoms with Gasteiger partial charge in [0.1, 0.15) is 0 Å². The maximum absolute atomic E-state index is 12.7.